The van der Waals surface area contributed by atoms with Gasteiger partial charge in [-0.25, -0.2) is 0 Å². The second-order valence-corrected chi connectivity index (χ2v) is 5.66. The smallest absolute Gasteiger partial charge is 0.119 e. The monoisotopic (exact) mass is 256 g/mol. The highest BCUT2D eigenvalue weighted by Gasteiger charge is 2.37. The Morgan fingerprint density at radius 3 is 2.74 bits per heavy atom. The minimum Gasteiger partial charge on any atom is -0.492 e. The van der Waals surface area contributed by atoms with Crippen LogP contribution in [0.15, 0.2) is 24.3 Å². The van der Waals surface area contributed by atoms with Crippen LogP contribution in [0.25, 0.3) is 0 Å². The molecule has 19 heavy (non-hydrogen) atoms. The van der Waals surface area contributed by atoms with Gasteiger partial charge in [-0.05, 0) is 42.9 Å². The fourth-order valence-electron chi connectivity index (χ4n) is 3.38. The lowest BCUT2D eigenvalue weighted by atomic mass is 10.1. The zero-order valence-electron chi connectivity index (χ0n) is 11.2. The van der Waals surface area contributed by atoms with Gasteiger partial charge < -0.3 is 4.74 Å². The topological polar surface area (TPSA) is 36.3 Å². The van der Waals surface area contributed by atoms with Crippen molar-refractivity contribution in [3.8, 4) is 11.8 Å². The summed E-state index contributed by atoms with van der Waals surface area (Å²) in [6.45, 7) is 3.08. The molecule has 0 amide bonds. The van der Waals surface area contributed by atoms with Gasteiger partial charge in [0.1, 0.15) is 12.4 Å². The molecule has 1 aliphatic heterocycles. The van der Waals surface area contributed by atoms with Crippen molar-refractivity contribution in [3.05, 3.63) is 29.8 Å². The van der Waals surface area contributed by atoms with Crippen molar-refractivity contribution in [2.75, 3.05) is 19.7 Å². The lowest BCUT2D eigenvalue weighted by Gasteiger charge is -2.26. The molecule has 1 saturated carbocycles. The molecule has 2 atom stereocenters. The minimum atomic E-state index is 0.469. The number of likely N-dealkylation sites (tertiary alicyclic amines) is 1. The molecule has 2 fully saturated rings. The minimum absolute atomic E-state index is 0.469. The fraction of sp³-hybridized carbons (Fsp3) is 0.562. The van der Waals surface area contributed by atoms with Crippen molar-refractivity contribution in [1.82, 2.24) is 4.90 Å². The molecule has 1 aromatic carbocycles. The molecule has 100 valence electrons. The number of hydrogen-bond acceptors (Lipinski definition) is 3. The average Bonchev–Trinajstić information content (AvgIpc) is 3.03. The standard InChI is InChI=1S/C16H20N2O/c17-8-7-13-2-5-16(6-3-13)19-10-9-18-12-14-1-4-15(18)11-14/h2-3,5-6,14-15H,1,4,7,9-12H2. The number of hydrogen-bond donors (Lipinski definition) is 0. The molecule has 0 N–H and O–H groups in total. The van der Waals surface area contributed by atoms with Gasteiger partial charge in [0.2, 0.25) is 0 Å². The van der Waals surface area contributed by atoms with Crippen molar-refractivity contribution < 1.29 is 4.74 Å². The summed E-state index contributed by atoms with van der Waals surface area (Å²) in [6, 6.07) is 10.8. The van der Waals surface area contributed by atoms with Gasteiger partial charge >= 0.3 is 0 Å². The van der Waals surface area contributed by atoms with Crippen LogP contribution >= 0.6 is 0 Å². The summed E-state index contributed by atoms with van der Waals surface area (Å²) in [5.74, 6) is 1.86. The third kappa shape index (κ3) is 2.90. The summed E-state index contributed by atoms with van der Waals surface area (Å²) in [5.41, 5.74) is 1.05. The van der Waals surface area contributed by atoms with Gasteiger partial charge in [-0.1, -0.05) is 12.1 Å². The quantitative estimate of drug-likeness (QED) is 0.812. The Morgan fingerprint density at radius 2 is 2.11 bits per heavy atom. The molecular weight excluding hydrogens is 236 g/mol. The largest absolute Gasteiger partial charge is 0.492 e. The van der Waals surface area contributed by atoms with E-state index in [1.165, 1.54) is 25.8 Å². The van der Waals surface area contributed by atoms with Crippen LogP contribution in [0, 0.1) is 17.2 Å². The summed E-state index contributed by atoms with van der Waals surface area (Å²) in [7, 11) is 0. The molecule has 0 aromatic heterocycles. The molecule has 2 aliphatic rings. The number of nitrogens with zero attached hydrogens (tertiary/aromatic N) is 2. The van der Waals surface area contributed by atoms with Gasteiger partial charge in [0.25, 0.3) is 0 Å². The van der Waals surface area contributed by atoms with E-state index in [9.17, 15) is 0 Å². The molecule has 0 radical (unpaired) electrons. The number of piperidine rings is 1. The lowest BCUT2D eigenvalue weighted by molar-refractivity contribution is 0.172. The summed E-state index contributed by atoms with van der Waals surface area (Å²) < 4.78 is 5.78. The molecular formula is C16H20N2O. The fourth-order valence-corrected chi connectivity index (χ4v) is 3.38. The van der Waals surface area contributed by atoms with E-state index in [1.807, 2.05) is 24.3 Å². The third-order valence-corrected chi connectivity index (χ3v) is 4.38. The second-order valence-electron chi connectivity index (χ2n) is 5.66. The number of fused-ring (bicyclic) bond motifs is 2. The Labute approximate surface area is 114 Å². The van der Waals surface area contributed by atoms with E-state index in [1.54, 1.807) is 0 Å². The molecule has 3 rings (SSSR count). The number of benzene rings is 1. The van der Waals surface area contributed by atoms with Crippen molar-refractivity contribution in [3.63, 3.8) is 0 Å². The summed E-state index contributed by atoms with van der Waals surface area (Å²) in [5, 5.41) is 8.62. The number of nitriles is 1. The molecule has 3 heteroatoms. The summed E-state index contributed by atoms with van der Waals surface area (Å²) >= 11 is 0. The van der Waals surface area contributed by atoms with E-state index in [4.69, 9.17) is 10.00 Å². The highest BCUT2D eigenvalue weighted by molar-refractivity contribution is 5.28. The average molecular weight is 256 g/mol. The molecule has 1 saturated heterocycles. The SMILES string of the molecule is N#CCc1ccc(OCCN2CC3CCC2C3)cc1. The second kappa shape index (κ2) is 5.63. The van der Waals surface area contributed by atoms with E-state index >= 15 is 0 Å². The molecule has 1 aliphatic carbocycles. The number of rotatable bonds is 5. The summed E-state index contributed by atoms with van der Waals surface area (Å²) in [4.78, 5) is 2.58. The van der Waals surface area contributed by atoms with Gasteiger partial charge in [-0.15, -0.1) is 0 Å². The van der Waals surface area contributed by atoms with Crippen LogP contribution in [-0.4, -0.2) is 30.6 Å². The van der Waals surface area contributed by atoms with E-state index in [0.29, 0.717) is 6.42 Å². The van der Waals surface area contributed by atoms with E-state index < -0.39 is 0 Å². The van der Waals surface area contributed by atoms with Crippen LogP contribution < -0.4 is 4.74 Å². The van der Waals surface area contributed by atoms with Crippen LogP contribution in [0.5, 0.6) is 5.75 Å². The molecule has 2 unspecified atom stereocenters. The predicted octanol–water partition coefficient (Wildman–Crippen LogP) is 2.62. The van der Waals surface area contributed by atoms with Gasteiger partial charge in [0.05, 0.1) is 12.5 Å². The maximum Gasteiger partial charge on any atom is 0.119 e. The third-order valence-electron chi connectivity index (χ3n) is 4.38. The first-order valence-corrected chi connectivity index (χ1v) is 7.18. The predicted molar refractivity (Wildman–Crippen MR) is 74.0 cm³/mol. The van der Waals surface area contributed by atoms with Gasteiger partial charge in [-0.2, -0.15) is 5.26 Å². The van der Waals surface area contributed by atoms with Crippen LogP contribution in [0.4, 0.5) is 0 Å². The van der Waals surface area contributed by atoms with Crippen LogP contribution in [-0.2, 0) is 6.42 Å². The van der Waals surface area contributed by atoms with Crippen molar-refractivity contribution in [1.29, 1.82) is 5.26 Å². The molecule has 1 aromatic rings. The van der Waals surface area contributed by atoms with E-state index in [-0.39, 0.29) is 0 Å². The van der Waals surface area contributed by atoms with Crippen LogP contribution in [0.1, 0.15) is 24.8 Å². The Balaban J connectivity index is 1.43. The Morgan fingerprint density at radius 1 is 1.26 bits per heavy atom. The van der Waals surface area contributed by atoms with Gasteiger partial charge in [-0.3, -0.25) is 4.90 Å². The zero-order chi connectivity index (χ0) is 13.1. The molecule has 3 nitrogen and oxygen atoms in total. The maximum absolute atomic E-state index is 8.62. The van der Waals surface area contributed by atoms with Crippen LogP contribution in [0.3, 0.4) is 0 Å². The lowest BCUT2D eigenvalue weighted by Crippen LogP contribution is -2.35. The first-order valence-electron chi connectivity index (χ1n) is 7.18. The Kier molecular flexibility index (Phi) is 3.70. The van der Waals surface area contributed by atoms with E-state index in [0.717, 1.165) is 36.4 Å². The van der Waals surface area contributed by atoms with Crippen molar-refractivity contribution in [2.45, 2.75) is 31.7 Å². The Hall–Kier alpha value is -1.53. The van der Waals surface area contributed by atoms with Gasteiger partial charge in [0, 0.05) is 19.1 Å². The Bertz CT molecular complexity index is 463. The highest BCUT2D eigenvalue weighted by atomic mass is 16.5. The first-order chi connectivity index (χ1) is 9.35. The van der Waals surface area contributed by atoms with Crippen molar-refractivity contribution >= 4 is 0 Å². The van der Waals surface area contributed by atoms with Gasteiger partial charge in [0.15, 0.2) is 0 Å². The molecule has 0 spiro atoms. The maximum atomic E-state index is 8.62. The zero-order valence-corrected chi connectivity index (χ0v) is 11.2. The number of ether oxygens (including phenoxy) is 1. The van der Waals surface area contributed by atoms with Crippen LogP contribution in [0.2, 0.25) is 0 Å². The highest BCUT2D eigenvalue weighted by Crippen LogP contribution is 2.36. The molecule has 1 heterocycles. The molecule has 2 bridgehead atoms. The van der Waals surface area contributed by atoms with Crippen molar-refractivity contribution in [2.24, 2.45) is 5.92 Å². The van der Waals surface area contributed by atoms with E-state index in [2.05, 4.69) is 11.0 Å². The normalized spacial score (nSPS) is 25.4. The first kappa shape index (κ1) is 12.5. The summed E-state index contributed by atoms with van der Waals surface area (Å²) in [6.07, 6.45) is 4.69.